The molecule has 0 radical (unpaired) electrons. The molecule has 5 nitrogen and oxygen atoms in total. The minimum Gasteiger partial charge on any atom is -0.324 e. The topological polar surface area (TPSA) is 66.9 Å². The Hall–Kier alpha value is -3.42. The average molecular weight is 372 g/mol. The number of carbonyl (C=O) groups excluding carboxylic acids is 1. The molecule has 2 N–H and O–H groups in total. The van der Waals surface area contributed by atoms with E-state index >= 15 is 0 Å². The summed E-state index contributed by atoms with van der Waals surface area (Å²) in [5, 5.41) is 5.43. The predicted molar refractivity (Wildman–Crippen MR) is 95.9 cm³/mol. The molecule has 0 bridgehead atoms. The smallest absolute Gasteiger partial charge is 0.324 e. The lowest BCUT2D eigenvalue weighted by Gasteiger charge is -2.11. The Morgan fingerprint density at radius 3 is 2.56 bits per heavy atom. The second-order valence-electron chi connectivity index (χ2n) is 5.74. The molecule has 0 fully saturated rings. The zero-order chi connectivity index (χ0) is 19.4. The van der Waals surface area contributed by atoms with Crippen molar-refractivity contribution in [3.05, 3.63) is 77.6 Å². The van der Waals surface area contributed by atoms with Crippen LogP contribution < -0.4 is 10.6 Å². The number of para-hydroxylation sites is 1. The summed E-state index contributed by atoms with van der Waals surface area (Å²) in [7, 11) is 0. The number of anilines is 3. The monoisotopic (exact) mass is 372 g/mol. The minimum atomic E-state index is -4.49. The molecule has 0 aliphatic heterocycles. The normalized spacial score (nSPS) is 11.1. The third kappa shape index (κ3) is 4.60. The number of nitrogens with zero attached hydrogens (tertiary/aromatic N) is 2. The molecule has 0 spiro atoms. The molecule has 0 atom stereocenters. The second kappa shape index (κ2) is 7.45. The van der Waals surface area contributed by atoms with Crippen LogP contribution in [0.25, 0.3) is 0 Å². The van der Waals surface area contributed by atoms with Crippen LogP contribution in [-0.2, 0) is 6.18 Å². The van der Waals surface area contributed by atoms with E-state index < -0.39 is 17.6 Å². The van der Waals surface area contributed by atoms with Gasteiger partial charge in [0.05, 0.1) is 5.56 Å². The number of alkyl halides is 3. The van der Waals surface area contributed by atoms with Crippen molar-refractivity contribution in [2.24, 2.45) is 0 Å². The van der Waals surface area contributed by atoms with Crippen molar-refractivity contribution in [1.29, 1.82) is 0 Å². The summed E-state index contributed by atoms with van der Waals surface area (Å²) in [6.07, 6.45) is -3.09. The first-order chi connectivity index (χ1) is 12.8. The average Bonchev–Trinajstić information content (AvgIpc) is 2.63. The minimum absolute atomic E-state index is 0.0264. The van der Waals surface area contributed by atoms with E-state index in [0.29, 0.717) is 0 Å². The fourth-order valence-corrected chi connectivity index (χ4v) is 2.35. The number of hydrogen-bond donors (Lipinski definition) is 2. The van der Waals surface area contributed by atoms with Gasteiger partial charge in [-0.3, -0.25) is 4.79 Å². The first kappa shape index (κ1) is 18.4. The van der Waals surface area contributed by atoms with Crippen molar-refractivity contribution in [3.63, 3.8) is 0 Å². The Balaban J connectivity index is 1.77. The van der Waals surface area contributed by atoms with E-state index in [2.05, 4.69) is 20.6 Å². The Morgan fingerprint density at radius 2 is 1.81 bits per heavy atom. The highest BCUT2D eigenvalue weighted by molar-refractivity contribution is 6.03. The molecule has 1 aromatic heterocycles. The van der Waals surface area contributed by atoms with E-state index in [1.54, 1.807) is 0 Å². The van der Waals surface area contributed by atoms with Crippen LogP contribution in [0.5, 0.6) is 0 Å². The molecule has 1 heterocycles. The fraction of sp³-hybridized carbons (Fsp3) is 0.105. The standard InChI is InChI=1S/C19H15F3N4O/c1-12-5-2-3-8-15(12)25-18-23-10-9-16(26-18)17(27)24-14-7-4-6-13(11-14)19(20,21)22/h2-11H,1H3,(H,24,27)(H,23,25,26). The van der Waals surface area contributed by atoms with Gasteiger partial charge in [-0.1, -0.05) is 24.3 Å². The van der Waals surface area contributed by atoms with Crippen molar-refractivity contribution < 1.29 is 18.0 Å². The molecule has 1 amide bonds. The van der Waals surface area contributed by atoms with Gasteiger partial charge in [0.1, 0.15) is 5.69 Å². The van der Waals surface area contributed by atoms with Gasteiger partial charge in [-0.25, -0.2) is 9.97 Å². The number of aromatic nitrogens is 2. The van der Waals surface area contributed by atoms with Crippen molar-refractivity contribution in [2.45, 2.75) is 13.1 Å². The Bertz CT molecular complexity index is 973. The lowest BCUT2D eigenvalue weighted by molar-refractivity contribution is -0.137. The summed E-state index contributed by atoms with van der Waals surface area (Å²) in [6.45, 7) is 1.91. The molecular formula is C19H15F3N4O. The summed E-state index contributed by atoms with van der Waals surface area (Å²) < 4.78 is 38.3. The van der Waals surface area contributed by atoms with Crippen LogP contribution in [0.2, 0.25) is 0 Å². The van der Waals surface area contributed by atoms with Gasteiger partial charge < -0.3 is 10.6 Å². The van der Waals surface area contributed by atoms with Gasteiger partial charge in [0, 0.05) is 17.6 Å². The van der Waals surface area contributed by atoms with E-state index in [9.17, 15) is 18.0 Å². The summed E-state index contributed by atoms with van der Waals surface area (Å²) in [6, 6.07) is 13.3. The highest BCUT2D eigenvalue weighted by Crippen LogP contribution is 2.30. The molecule has 27 heavy (non-hydrogen) atoms. The van der Waals surface area contributed by atoms with Gasteiger partial charge in [-0.05, 0) is 42.8 Å². The summed E-state index contributed by atoms with van der Waals surface area (Å²) in [4.78, 5) is 20.5. The Morgan fingerprint density at radius 1 is 1.04 bits per heavy atom. The lowest BCUT2D eigenvalue weighted by Crippen LogP contribution is -2.15. The first-order valence-electron chi connectivity index (χ1n) is 7.97. The van der Waals surface area contributed by atoms with Crippen molar-refractivity contribution in [2.75, 3.05) is 10.6 Å². The van der Waals surface area contributed by atoms with Crippen LogP contribution >= 0.6 is 0 Å². The number of amides is 1. The predicted octanol–water partition coefficient (Wildman–Crippen LogP) is 4.80. The molecule has 2 aromatic carbocycles. The van der Waals surface area contributed by atoms with E-state index in [4.69, 9.17) is 0 Å². The molecule has 3 rings (SSSR count). The van der Waals surface area contributed by atoms with Gasteiger partial charge in [0.15, 0.2) is 0 Å². The molecule has 0 aliphatic rings. The van der Waals surface area contributed by atoms with Gasteiger partial charge in [-0.15, -0.1) is 0 Å². The van der Waals surface area contributed by atoms with Crippen LogP contribution in [0.1, 0.15) is 21.6 Å². The largest absolute Gasteiger partial charge is 0.416 e. The number of rotatable bonds is 4. The van der Waals surface area contributed by atoms with Crippen molar-refractivity contribution in [3.8, 4) is 0 Å². The number of aryl methyl sites for hydroxylation is 1. The molecule has 8 heteroatoms. The lowest BCUT2D eigenvalue weighted by atomic mass is 10.2. The molecule has 0 saturated heterocycles. The summed E-state index contributed by atoms with van der Waals surface area (Å²) >= 11 is 0. The number of halogens is 3. The zero-order valence-corrected chi connectivity index (χ0v) is 14.2. The van der Waals surface area contributed by atoms with E-state index in [0.717, 1.165) is 23.4 Å². The molecular weight excluding hydrogens is 357 g/mol. The van der Waals surface area contributed by atoms with Crippen LogP contribution in [0.3, 0.4) is 0 Å². The van der Waals surface area contributed by atoms with Crippen molar-refractivity contribution in [1.82, 2.24) is 9.97 Å². The van der Waals surface area contributed by atoms with Crippen LogP contribution in [0, 0.1) is 6.92 Å². The molecule has 0 aliphatic carbocycles. The maximum Gasteiger partial charge on any atom is 0.416 e. The van der Waals surface area contributed by atoms with Gasteiger partial charge in [0.2, 0.25) is 5.95 Å². The Labute approximate surface area is 153 Å². The second-order valence-corrected chi connectivity index (χ2v) is 5.74. The van der Waals surface area contributed by atoms with Crippen LogP contribution in [0.15, 0.2) is 60.8 Å². The van der Waals surface area contributed by atoms with Crippen LogP contribution in [0.4, 0.5) is 30.5 Å². The highest BCUT2D eigenvalue weighted by Gasteiger charge is 2.30. The highest BCUT2D eigenvalue weighted by atomic mass is 19.4. The molecule has 0 unspecified atom stereocenters. The molecule has 3 aromatic rings. The van der Waals surface area contributed by atoms with E-state index in [1.165, 1.54) is 24.4 Å². The maximum atomic E-state index is 12.8. The van der Waals surface area contributed by atoms with Gasteiger partial charge in [-0.2, -0.15) is 13.2 Å². The Kier molecular flexibility index (Phi) is 5.07. The third-order valence-electron chi connectivity index (χ3n) is 3.73. The maximum absolute atomic E-state index is 12.8. The third-order valence-corrected chi connectivity index (χ3v) is 3.73. The molecule has 0 saturated carbocycles. The molecule has 138 valence electrons. The van der Waals surface area contributed by atoms with E-state index in [-0.39, 0.29) is 17.3 Å². The first-order valence-corrected chi connectivity index (χ1v) is 7.97. The van der Waals surface area contributed by atoms with Gasteiger partial charge >= 0.3 is 6.18 Å². The number of nitrogens with one attached hydrogen (secondary N) is 2. The number of benzene rings is 2. The summed E-state index contributed by atoms with van der Waals surface area (Å²) in [5.41, 5.74) is 0.970. The number of carbonyl (C=O) groups is 1. The SMILES string of the molecule is Cc1ccccc1Nc1nccc(C(=O)Nc2cccc(C(F)(F)F)c2)n1. The number of hydrogen-bond acceptors (Lipinski definition) is 4. The van der Waals surface area contributed by atoms with Gasteiger partial charge in [0.25, 0.3) is 5.91 Å². The zero-order valence-electron chi connectivity index (χ0n) is 14.2. The van der Waals surface area contributed by atoms with E-state index in [1.807, 2.05) is 31.2 Å². The van der Waals surface area contributed by atoms with Crippen molar-refractivity contribution >= 4 is 23.2 Å². The van der Waals surface area contributed by atoms with Crippen LogP contribution in [-0.4, -0.2) is 15.9 Å². The summed E-state index contributed by atoms with van der Waals surface area (Å²) in [5.74, 6) is -0.425. The fourth-order valence-electron chi connectivity index (χ4n) is 2.35. The quantitative estimate of drug-likeness (QED) is 0.690.